The largest absolute Gasteiger partial charge is 0.465 e. The first-order valence-corrected chi connectivity index (χ1v) is 33.0. The van der Waals surface area contributed by atoms with E-state index in [-0.39, 0.29) is 19.1 Å². The summed E-state index contributed by atoms with van der Waals surface area (Å²) < 4.78 is 13.8. The molecule has 0 radical (unpaired) electrons. The lowest BCUT2D eigenvalue weighted by Gasteiger charge is -2.32. The van der Waals surface area contributed by atoms with Crippen LogP contribution in [-0.4, -0.2) is 48.3 Å². The van der Waals surface area contributed by atoms with Crippen LogP contribution in [0.1, 0.15) is 42.0 Å². The fourth-order valence-electron chi connectivity index (χ4n) is 26.8. The van der Waals surface area contributed by atoms with E-state index in [1.807, 2.05) is 25.1 Å². The van der Waals surface area contributed by atoms with Crippen molar-refractivity contribution in [3.05, 3.63) is 46.6 Å². The number of carbonyl (C=O) groups excluding carboxylic acids is 3. The van der Waals surface area contributed by atoms with Crippen molar-refractivity contribution in [2.75, 3.05) is 25.5 Å². The second-order valence-electron chi connectivity index (χ2n) is 28.4. The highest BCUT2D eigenvalue weighted by molar-refractivity contribution is 8.76. The molecule has 1 heterocycles. The summed E-state index contributed by atoms with van der Waals surface area (Å²) in [6.45, 7) is 2.48. The molecule has 5 aliphatic carbocycles. The molecule has 0 unspecified atom stereocenters. The first-order chi connectivity index (χ1) is 42.1. The Morgan fingerprint density at radius 2 is 0.682 bits per heavy atom. The Labute approximate surface area is 474 Å². The molecule has 1 N–H and O–H groups in total. The lowest BCUT2D eigenvalue weighted by atomic mass is 9.68. The summed E-state index contributed by atoms with van der Waals surface area (Å²) in [6, 6.07) is 5.86. The highest BCUT2D eigenvalue weighted by Crippen LogP contribution is 2.96. The van der Waals surface area contributed by atoms with E-state index in [1.165, 1.54) is 281 Å². The zero-order chi connectivity index (χ0) is 52.6. The van der Waals surface area contributed by atoms with Crippen LogP contribution < -0.4 is 5.32 Å². The summed E-state index contributed by atoms with van der Waals surface area (Å²) in [5.74, 6) is -0.292. The molecule has 5 aliphatic rings. The maximum absolute atomic E-state index is 17.3. The number of nitrogens with one attached hydrogen (secondary N) is 1. The minimum Gasteiger partial charge on any atom is -0.465 e. The molecule has 29 aromatic rings. The monoisotopic (exact) mass is 1100 g/mol. The maximum atomic E-state index is 17.3. The van der Waals surface area contributed by atoms with Gasteiger partial charge >= 0.3 is 11.9 Å². The molecule has 376 valence electrons. The van der Waals surface area contributed by atoms with Gasteiger partial charge in [-0.3, -0.25) is 14.4 Å². The molecule has 0 atom stereocenters. The van der Waals surface area contributed by atoms with Crippen molar-refractivity contribution in [3.63, 3.8) is 0 Å². The summed E-state index contributed by atoms with van der Waals surface area (Å²) in [6.07, 6.45) is 2.57. The third kappa shape index (κ3) is 2.26. The van der Waals surface area contributed by atoms with Gasteiger partial charge in [-0.15, -0.1) is 0 Å². The minimum absolute atomic E-state index is 0.0349. The van der Waals surface area contributed by atoms with Gasteiger partial charge in [-0.1, -0.05) is 16.9 Å². The van der Waals surface area contributed by atoms with Crippen LogP contribution in [0.25, 0.3) is 291 Å². The van der Waals surface area contributed by atoms with E-state index in [0.29, 0.717) is 25.1 Å². The second kappa shape index (κ2) is 9.15. The Bertz CT molecular complexity index is 7390. The lowest BCUT2D eigenvalue weighted by Crippen LogP contribution is -2.39. The molecule has 9 heteroatoms. The molecule has 34 rings (SSSR count). The van der Waals surface area contributed by atoms with E-state index < -0.39 is 28.2 Å². The predicted molar refractivity (Wildman–Crippen MR) is 349 cm³/mol. The number of esters is 2. The van der Waals surface area contributed by atoms with Crippen LogP contribution in [0.3, 0.4) is 0 Å². The van der Waals surface area contributed by atoms with Gasteiger partial charge in [0.25, 0.3) is 0 Å². The van der Waals surface area contributed by atoms with Crippen LogP contribution in [0.5, 0.6) is 0 Å². The van der Waals surface area contributed by atoms with Crippen molar-refractivity contribution in [3.8, 4) is 0 Å². The number of benzene rings is 18. The van der Waals surface area contributed by atoms with Gasteiger partial charge in [0.1, 0.15) is 5.03 Å². The normalized spacial score (nSPS) is 21.9. The van der Waals surface area contributed by atoms with Gasteiger partial charge in [0.05, 0.1) is 24.0 Å². The lowest BCUT2D eigenvalue weighted by molar-refractivity contribution is -0.166. The molecule has 7 nitrogen and oxygen atoms in total. The van der Waals surface area contributed by atoms with Crippen LogP contribution in [0.2, 0.25) is 0 Å². The summed E-state index contributed by atoms with van der Waals surface area (Å²) in [7, 11) is 3.20. The van der Waals surface area contributed by atoms with Gasteiger partial charge in [0, 0.05) is 24.9 Å². The van der Waals surface area contributed by atoms with E-state index in [2.05, 4.69) is 10.3 Å². The van der Waals surface area contributed by atoms with Crippen LogP contribution in [0, 0.1) is 5.41 Å². The van der Waals surface area contributed by atoms with Gasteiger partial charge in [-0.25, -0.2) is 4.98 Å². The number of carbonyl (C=O) groups is 3. The Balaban J connectivity index is 0.817. The molecular formula is C76H20N2O5S2. The Hall–Kier alpha value is -9.28. The molecule has 85 heavy (non-hydrogen) atoms. The highest BCUT2D eigenvalue weighted by Gasteiger charge is 3.01. The maximum Gasteiger partial charge on any atom is 0.326 e. The Morgan fingerprint density at radius 1 is 0.400 bits per heavy atom. The van der Waals surface area contributed by atoms with E-state index >= 15 is 9.59 Å². The van der Waals surface area contributed by atoms with Crippen LogP contribution >= 0.6 is 21.6 Å². The molecule has 1 amide bonds. The van der Waals surface area contributed by atoms with E-state index in [4.69, 9.17) is 9.47 Å². The number of ether oxygens (including phenoxy) is 2. The number of nitrogens with zero attached hydrogens (tertiary/aromatic N) is 1. The molecule has 28 aromatic carbocycles. The Kier molecular flexibility index (Phi) is 3.92. The average Bonchev–Trinajstić information content (AvgIpc) is 1.36. The molecule has 1 aromatic heterocycles. The highest BCUT2D eigenvalue weighted by atomic mass is 33.1. The second-order valence-corrected chi connectivity index (χ2v) is 30.8. The van der Waals surface area contributed by atoms with Crippen molar-refractivity contribution < 1.29 is 23.9 Å². The van der Waals surface area contributed by atoms with Crippen LogP contribution in [0.4, 0.5) is 0 Å². The molecular weight excluding hydrogens is 1080 g/mol. The molecule has 1 fully saturated rings. The first kappa shape index (κ1) is 36.4. The third-order valence-electron chi connectivity index (χ3n) is 27.3. The number of pyridine rings is 1. The third-order valence-corrected chi connectivity index (χ3v) is 29.6. The molecule has 2 spiro atoms. The predicted octanol–water partition coefficient (Wildman–Crippen LogP) is 18.1. The summed E-state index contributed by atoms with van der Waals surface area (Å²) >= 11 is 0. The zero-order valence-electron chi connectivity index (χ0n) is 43.9. The fraction of sp³-hybridized carbons (Fsp3) is 0.132. The molecule has 0 saturated heterocycles. The van der Waals surface area contributed by atoms with Crippen molar-refractivity contribution in [1.29, 1.82) is 0 Å². The SMILES string of the molecule is CCOC(=O)C1(C(=O)OCCCNC(=O)CCSSc2ccccn2)C23c4c5c6c7c8c9c(c%10c%11c2c2c4c4c%12c5c5c6c6c8c8c%13c9c9c%10c%10c%11c%11c2c2c4c4c%12c%12c5c5c6c8c6c8c%13c9c9c%10c%10c%11c2c2c4c4c%12c5c6c5c8c9c%10c2c45)C713. The standard InChI is InChI=1S/C76H20N2O5S2/c1-2-82-72(80)76(73(81)83-10-5-9-77-12(79)7-11-84-85-13-6-3-4-8-78-13)74-68-60-52-42-32-24-16-14-15-18-22-20(16)28-36-30(22)40-34-26(18)27-19(15)23-21-17(14)25(24)33-39-29(21)37-31(23)41-35(27)45-44(34)54-48(40)58-50(36)56(46(52)38(28)32)64(68)66(58)70-62(54)63-55(45)49(41)59-51(37)57-47(39)53(43(33)42)61(60)69(74)65(57)67(59)71(63)75(70,74)76/h3-4,6,8H,2,5,7,9-11H2,1H3,(H,77,79). The van der Waals surface area contributed by atoms with E-state index in [0.717, 1.165) is 5.03 Å². The van der Waals surface area contributed by atoms with Gasteiger partial charge in [-0.2, -0.15) is 0 Å². The fourth-order valence-corrected chi connectivity index (χ4v) is 28.7. The van der Waals surface area contributed by atoms with Crippen LogP contribution in [0.15, 0.2) is 29.4 Å². The summed E-state index contributed by atoms with van der Waals surface area (Å²) in [5.41, 5.74) is 0.864. The number of rotatable bonds is 12. The van der Waals surface area contributed by atoms with Gasteiger partial charge in [0.2, 0.25) is 5.91 Å². The number of amides is 1. The van der Waals surface area contributed by atoms with Crippen LogP contribution in [-0.2, 0) is 34.7 Å². The van der Waals surface area contributed by atoms with Gasteiger partial charge in [0.15, 0.2) is 5.41 Å². The average molecular weight is 1110 g/mol. The number of aromatic nitrogens is 1. The molecule has 1 saturated carbocycles. The molecule has 0 bridgehead atoms. The summed E-state index contributed by atoms with van der Waals surface area (Å²) in [5, 5.41) is 82.7. The van der Waals surface area contributed by atoms with Crippen molar-refractivity contribution in [2.45, 2.75) is 35.6 Å². The van der Waals surface area contributed by atoms with Crippen molar-refractivity contribution >= 4 is 330 Å². The number of hydrogen-bond acceptors (Lipinski definition) is 8. The van der Waals surface area contributed by atoms with Crippen molar-refractivity contribution in [2.24, 2.45) is 5.41 Å². The Morgan fingerprint density at radius 3 is 0.953 bits per heavy atom. The summed E-state index contributed by atoms with van der Waals surface area (Å²) in [4.78, 5) is 52.1. The van der Waals surface area contributed by atoms with E-state index in [9.17, 15) is 4.79 Å². The molecule has 0 aliphatic heterocycles. The van der Waals surface area contributed by atoms with Gasteiger partial charge in [-0.05, 0) is 349 Å². The minimum atomic E-state index is -1.79. The van der Waals surface area contributed by atoms with Gasteiger partial charge < -0.3 is 14.8 Å². The number of hydrogen-bond donors (Lipinski definition) is 1. The topological polar surface area (TPSA) is 94.6 Å². The quantitative estimate of drug-likeness (QED) is 0.0425. The van der Waals surface area contributed by atoms with Crippen molar-refractivity contribution in [1.82, 2.24) is 10.3 Å². The first-order valence-electron chi connectivity index (χ1n) is 30.7. The smallest absolute Gasteiger partial charge is 0.326 e. The van der Waals surface area contributed by atoms with E-state index in [1.54, 1.807) is 60.1 Å². The zero-order valence-corrected chi connectivity index (χ0v) is 45.5.